The lowest BCUT2D eigenvalue weighted by Gasteiger charge is -2.17. The highest BCUT2D eigenvalue weighted by Crippen LogP contribution is 2.22. The second-order valence-corrected chi connectivity index (χ2v) is 8.13. The van der Waals surface area contributed by atoms with Gasteiger partial charge < -0.3 is 26.3 Å². The maximum atomic E-state index is 12.8. The van der Waals surface area contributed by atoms with Gasteiger partial charge in [-0.15, -0.1) is 0 Å². The van der Waals surface area contributed by atoms with Gasteiger partial charge in [-0.3, -0.25) is 9.59 Å². The van der Waals surface area contributed by atoms with Crippen molar-refractivity contribution in [3.05, 3.63) is 53.2 Å². The molecule has 0 aliphatic carbocycles. The number of nitrogens with one attached hydrogen (secondary N) is 1. The predicted octanol–water partition coefficient (Wildman–Crippen LogP) is 2.75. The molecule has 194 valence electrons. The second kappa shape index (κ2) is 12.4. The largest absolute Gasteiger partial charge is 0.466 e. The van der Waals surface area contributed by atoms with Crippen molar-refractivity contribution in [1.29, 1.82) is 0 Å². The fourth-order valence-electron chi connectivity index (χ4n) is 3.59. The standard InChI is InChI=1S/C26H30N6O5/c1-4-36-21(33)11-10-20(25(35)37-5-2)30-24(34)18-8-6-17(7-9-18)15(3)12-16-13-19-22(27)31-26(28)32-23(19)29-14-16/h6-9,12-14,20H,4-5,10-11H2,1-3H3,(H,30,34)(H4,27,28,29,31,32)/t20-/m1/s1. The van der Waals surface area contributed by atoms with E-state index >= 15 is 0 Å². The van der Waals surface area contributed by atoms with Gasteiger partial charge in [-0.1, -0.05) is 12.1 Å². The number of aromatic nitrogens is 3. The van der Waals surface area contributed by atoms with E-state index < -0.39 is 23.9 Å². The summed E-state index contributed by atoms with van der Waals surface area (Å²) in [4.78, 5) is 49.1. The third-order valence-electron chi connectivity index (χ3n) is 5.42. The molecule has 11 heteroatoms. The Balaban J connectivity index is 1.72. The van der Waals surface area contributed by atoms with E-state index in [2.05, 4.69) is 20.3 Å². The molecule has 37 heavy (non-hydrogen) atoms. The van der Waals surface area contributed by atoms with E-state index in [-0.39, 0.29) is 37.8 Å². The van der Waals surface area contributed by atoms with Crippen molar-refractivity contribution < 1.29 is 23.9 Å². The summed E-state index contributed by atoms with van der Waals surface area (Å²) in [7, 11) is 0. The summed E-state index contributed by atoms with van der Waals surface area (Å²) >= 11 is 0. The molecule has 0 saturated carbocycles. The zero-order valence-corrected chi connectivity index (χ0v) is 21.0. The molecular weight excluding hydrogens is 476 g/mol. The Kier molecular flexibility index (Phi) is 9.09. The number of hydrogen-bond acceptors (Lipinski definition) is 10. The Hall–Kier alpha value is -4.54. The van der Waals surface area contributed by atoms with Gasteiger partial charge in [0.15, 0.2) is 5.65 Å². The Labute approximate surface area is 214 Å². The summed E-state index contributed by atoms with van der Waals surface area (Å²) in [5.41, 5.74) is 14.9. The SMILES string of the molecule is CCOC(=O)CC[C@@H](NC(=O)c1ccc(C(C)=Cc2cnc3nc(N)nc(N)c3c2)cc1)C(=O)OCC. The van der Waals surface area contributed by atoms with Crippen LogP contribution in [0.25, 0.3) is 22.7 Å². The van der Waals surface area contributed by atoms with Gasteiger partial charge in [-0.2, -0.15) is 9.97 Å². The van der Waals surface area contributed by atoms with Crippen LogP contribution in [-0.4, -0.2) is 52.1 Å². The smallest absolute Gasteiger partial charge is 0.328 e. The first kappa shape index (κ1) is 27.1. The first-order valence-corrected chi connectivity index (χ1v) is 11.8. The van der Waals surface area contributed by atoms with Crippen LogP contribution in [0.3, 0.4) is 0 Å². The quantitative estimate of drug-likeness (QED) is 0.347. The molecule has 3 aromatic rings. The van der Waals surface area contributed by atoms with E-state index in [0.29, 0.717) is 16.6 Å². The fraction of sp³-hybridized carbons (Fsp3) is 0.308. The van der Waals surface area contributed by atoms with Gasteiger partial charge in [-0.25, -0.2) is 9.78 Å². The Bertz CT molecular complexity index is 1320. The van der Waals surface area contributed by atoms with Crippen molar-refractivity contribution in [3.8, 4) is 0 Å². The van der Waals surface area contributed by atoms with Crippen LogP contribution < -0.4 is 16.8 Å². The monoisotopic (exact) mass is 506 g/mol. The molecule has 3 rings (SSSR count). The number of hydrogen-bond donors (Lipinski definition) is 3. The van der Waals surface area contributed by atoms with Crippen molar-refractivity contribution in [2.45, 2.75) is 39.7 Å². The molecule has 0 radical (unpaired) electrons. The lowest BCUT2D eigenvalue weighted by atomic mass is 10.0. The Morgan fingerprint density at radius 2 is 1.70 bits per heavy atom. The van der Waals surface area contributed by atoms with Crippen LogP contribution in [-0.2, 0) is 19.1 Å². The van der Waals surface area contributed by atoms with Crippen molar-refractivity contribution >= 4 is 52.3 Å². The number of esters is 2. The number of carbonyl (C=O) groups excluding carboxylic acids is 3. The molecular formula is C26H30N6O5. The second-order valence-electron chi connectivity index (χ2n) is 8.13. The number of nitrogens with two attached hydrogens (primary N) is 2. The number of amides is 1. The van der Waals surface area contributed by atoms with Crippen molar-refractivity contribution in [1.82, 2.24) is 20.3 Å². The lowest BCUT2D eigenvalue weighted by Crippen LogP contribution is -2.42. The zero-order valence-electron chi connectivity index (χ0n) is 21.0. The number of anilines is 2. The van der Waals surface area contributed by atoms with E-state index in [1.165, 1.54) is 0 Å². The molecule has 5 N–H and O–H groups in total. The van der Waals surface area contributed by atoms with Gasteiger partial charge in [-0.05, 0) is 68.2 Å². The predicted molar refractivity (Wildman–Crippen MR) is 140 cm³/mol. The molecule has 0 bridgehead atoms. The van der Waals surface area contributed by atoms with Crippen LogP contribution >= 0.6 is 0 Å². The van der Waals surface area contributed by atoms with E-state index in [1.54, 1.807) is 44.3 Å². The molecule has 0 unspecified atom stereocenters. The lowest BCUT2D eigenvalue weighted by molar-refractivity contribution is -0.146. The van der Waals surface area contributed by atoms with Gasteiger partial charge in [0.25, 0.3) is 5.91 Å². The summed E-state index contributed by atoms with van der Waals surface area (Å²) in [6.45, 7) is 5.69. The summed E-state index contributed by atoms with van der Waals surface area (Å²) in [5, 5.41) is 3.25. The third kappa shape index (κ3) is 7.23. The average Bonchev–Trinajstić information content (AvgIpc) is 2.87. The van der Waals surface area contributed by atoms with Crippen LogP contribution in [0.2, 0.25) is 0 Å². The van der Waals surface area contributed by atoms with Crippen LogP contribution in [0, 0.1) is 0 Å². The molecule has 0 spiro atoms. The number of rotatable bonds is 10. The highest BCUT2D eigenvalue weighted by molar-refractivity contribution is 5.97. The molecule has 0 fully saturated rings. The highest BCUT2D eigenvalue weighted by Gasteiger charge is 2.24. The number of fused-ring (bicyclic) bond motifs is 1. The van der Waals surface area contributed by atoms with Gasteiger partial charge >= 0.3 is 11.9 Å². The van der Waals surface area contributed by atoms with Gasteiger partial charge in [0.1, 0.15) is 11.9 Å². The molecule has 2 heterocycles. The number of benzene rings is 1. The molecule has 0 aliphatic heterocycles. The van der Waals surface area contributed by atoms with Crippen LogP contribution in [0.15, 0.2) is 36.5 Å². The topological polar surface area (TPSA) is 172 Å². The molecule has 0 aliphatic rings. The van der Waals surface area contributed by atoms with Crippen molar-refractivity contribution in [2.75, 3.05) is 24.7 Å². The first-order valence-electron chi connectivity index (χ1n) is 11.8. The van der Waals surface area contributed by atoms with Gasteiger partial charge in [0.2, 0.25) is 5.95 Å². The summed E-state index contributed by atoms with van der Waals surface area (Å²) < 4.78 is 9.94. The molecule has 2 aromatic heterocycles. The highest BCUT2D eigenvalue weighted by atomic mass is 16.5. The van der Waals surface area contributed by atoms with E-state index in [9.17, 15) is 14.4 Å². The number of nitrogens with zero attached hydrogens (tertiary/aromatic N) is 3. The minimum Gasteiger partial charge on any atom is -0.466 e. The summed E-state index contributed by atoms with van der Waals surface area (Å²) in [6.07, 6.45) is 3.63. The van der Waals surface area contributed by atoms with E-state index in [0.717, 1.165) is 16.7 Å². The molecule has 1 amide bonds. The van der Waals surface area contributed by atoms with Crippen molar-refractivity contribution in [3.63, 3.8) is 0 Å². The summed E-state index contributed by atoms with van der Waals surface area (Å²) in [5.74, 6) is -1.19. The number of pyridine rings is 1. The molecule has 11 nitrogen and oxygen atoms in total. The molecule has 1 aromatic carbocycles. The number of nitrogen functional groups attached to an aromatic ring is 2. The number of ether oxygens (including phenoxy) is 2. The number of carbonyl (C=O) groups is 3. The zero-order chi connectivity index (χ0) is 26.9. The minimum atomic E-state index is -0.967. The maximum absolute atomic E-state index is 12.8. The summed E-state index contributed by atoms with van der Waals surface area (Å²) in [6, 6.07) is 7.77. The normalized spacial score (nSPS) is 12.1. The third-order valence-corrected chi connectivity index (χ3v) is 5.42. The van der Waals surface area contributed by atoms with Crippen LogP contribution in [0.1, 0.15) is 55.1 Å². The first-order chi connectivity index (χ1) is 17.7. The van der Waals surface area contributed by atoms with Crippen LogP contribution in [0.4, 0.5) is 11.8 Å². The minimum absolute atomic E-state index is 0.0185. The van der Waals surface area contributed by atoms with E-state index in [4.69, 9.17) is 20.9 Å². The Morgan fingerprint density at radius 3 is 2.38 bits per heavy atom. The fourth-order valence-corrected chi connectivity index (χ4v) is 3.59. The number of allylic oxidation sites excluding steroid dienone is 1. The molecule has 1 atom stereocenters. The Morgan fingerprint density at radius 1 is 1.03 bits per heavy atom. The van der Waals surface area contributed by atoms with Gasteiger partial charge in [0.05, 0.1) is 18.6 Å². The average molecular weight is 507 g/mol. The maximum Gasteiger partial charge on any atom is 0.328 e. The van der Waals surface area contributed by atoms with Crippen LogP contribution in [0.5, 0.6) is 0 Å². The van der Waals surface area contributed by atoms with Crippen molar-refractivity contribution in [2.24, 2.45) is 0 Å². The van der Waals surface area contributed by atoms with Gasteiger partial charge in [0, 0.05) is 18.2 Å². The van der Waals surface area contributed by atoms with E-state index in [1.807, 2.05) is 19.1 Å². The molecule has 0 saturated heterocycles.